The summed E-state index contributed by atoms with van der Waals surface area (Å²) in [5, 5.41) is 5.83. The van der Waals surface area contributed by atoms with Crippen molar-refractivity contribution in [1.29, 1.82) is 0 Å². The second-order valence-corrected chi connectivity index (χ2v) is 4.68. The highest BCUT2D eigenvalue weighted by Gasteiger charge is 2.22. The molecule has 104 valence electrons. The molecule has 0 aliphatic carbocycles. The van der Waals surface area contributed by atoms with Crippen LogP contribution in [0, 0.1) is 5.82 Å². The van der Waals surface area contributed by atoms with E-state index in [-0.39, 0.29) is 11.7 Å². The topological polar surface area (TPSA) is 67.2 Å². The summed E-state index contributed by atoms with van der Waals surface area (Å²) in [6.07, 6.45) is 3.34. The zero-order valence-electron chi connectivity index (χ0n) is 10.7. The number of benzene rings is 1. The Balaban J connectivity index is 1.71. The maximum absolute atomic E-state index is 13.0. The van der Waals surface area contributed by atoms with Crippen LogP contribution in [-0.4, -0.2) is 17.4 Å². The summed E-state index contributed by atoms with van der Waals surface area (Å²) in [4.78, 5) is 16.2. The van der Waals surface area contributed by atoms with Crippen molar-refractivity contribution < 1.29 is 13.6 Å². The van der Waals surface area contributed by atoms with Gasteiger partial charge in [0.25, 0.3) is 5.91 Å². The molecule has 1 aliphatic rings. The van der Waals surface area contributed by atoms with Gasteiger partial charge in [-0.1, -0.05) is 6.07 Å². The van der Waals surface area contributed by atoms with Crippen molar-refractivity contribution in [3.8, 4) is 0 Å². The van der Waals surface area contributed by atoms with E-state index < -0.39 is 11.7 Å². The van der Waals surface area contributed by atoms with Crippen LogP contribution in [0.5, 0.6) is 0 Å². The van der Waals surface area contributed by atoms with E-state index in [1.807, 2.05) is 0 Å². The van der Waals surface area contributed by atoms with Crippen LogP contribution in [0.2, 0.25) is 0 Å². The van der Waals surface area contributed by atoms with E-state index in [0.29, 0.717) is 11.6 Å². The molecule has 1 atom stereocenters. The molecule has 1 aromatic carbocycles. The predicted molar refractivity (Wildman–Crippen MR) is 70.8 cm³/mol. The number of amides is 1. The van der Waals surface area contributed by atoms with Gasteiger partial charge >= 0.3 is 0 Å². The monoisotopic (exact) mass is 275 g/mol. The SMILES string of the molecule is O=C(Nc1cccc(F)c1)c1coc(C2CCCN2)n1. The first-order valence-corrected chi connectivity index (χ1v) is 6.48. The molecule has 1 aromatic heterocycles. The van der Waals surface area contributed by atoms with Crippen LogP contribution in [0.15, 0.2) is 34.9 Å². The number of rotatable bonds is 3. The first-order valence-electron chi connectivity index (χ1n) is 6.48. The first kappa shape index (κ1) is 12.8. The molecule has 1 saturated heterocycles. The normalized spacial score (nSPS) is 18.1. The molecule has 1 fully saturated rings. The molecule has 5 nitrogen and oxygen atoms in total. The van der Waals surface area contributed by atoms with Gasteiger partial charge in [0.1, 0.15) is 12.1 Å². The van der Waals surface area contributed by atoms with Gasteiger partial charge in [0, 0.05) is 5.69 Å². The smallest absolute Gasteiger partial charge is 0.277 e. The fraction of sp³-hybridized carbons (Fsp3) is 0.286. The zero-order chi connectivity index (χ0) is 13.9. The van der Waals surface area contributed by atoms with Crippen LogP contribution in [0.3, 0.4) is 0 Å². The number of anilines is 1. The second kappa shape index (κ2) is 5.42. The van der Waals surface area contributed by atoms with Crippen molar-refractivity contribution in [2.45, 2.75) is 18.9 Å². The largest absolute Gasteiger partial charge is 0.446 e. The summed E-state index contributed by atoms with van der Waals surface area (Å²) in [6, 6.07) is 5.78. The van der Waals surface area contributed by atoms with Crippen LogP contribution < -0.4 is 10.6 Å². The van der Waals surface area contributed by atoms with Gasteiger partial charge in [0.2, 0.25) is 5.89 Å². The van der Waals surface area contributed by atoms with Gasteiger partial charge in [-0.3, -0.25) is 4.79 Å². The van der Waals surface area contributed by atoms with Crippen LogP contribution in [0.1, 0.15) is 35.3 Å². The van der Waals surface area contributed by atoms with E-state index in [9.17, 15) is 9.18 Å². The lowest BCUT2D eigenvalue weighted by atomic mass is 10.2. The Labute approximate surface area is 115 Å². The quantitative estimate of drug-likeness (QED) is 0.903. The zero-order valence-corrected chi connectivity index (χ0v) is 10.7. The molecule has 0 spiro atoms. The minimum absolute atomic E-state index is 0.0747. The number of hydrogen-bond acceptors (Lipinski definition) is 4. The molecule has 2 heterocycles. The van der Waals surface area contributed by atoms with Crippen LogP contribution >= 0.6 is 0 Å². The number of nitrogens with zero attached hydrogens (tertiary/aromatic N) is 1. The van der Waals surface area contributed by atoms with E-state index in [4.69, 9.17) is 4.42 Å². The summed E-state index contributed by atoms with van der Waals surface area (Å²) in [6.45, 7) is 0.928. The van der Waals surface area contributed by atoms with Crippen LogP contribution in [0.4, 0.5) is 10.1 Å². The Bertz CT molecular complexity index is 620. The van der Waals surface area contributed by atoms with Crippen molar-refractivity contribution in [1.82, 2.24) is 10.3 Å². The lowest BCUT2D eigenvalue weighted by molar-refractivity contribution is 0.102. The number of hydrogen-bond donors (Lipinski definition) is 2. The minimum atomic E-state index is -0.413. The molecule has 1 amide bonds. The molecule has 2 aromatic rings. The number of nitrogens with one attached hydrogen (secondary N) is 2. The lowest BCUT2D eigenvalue weighted by Crippen LogP contribution is -2.15. The molecule has 0 radical (unpaired) electrons. The number of halogens is 1. The number of oxazole rings is 1. The maximum atomic E-state index is 13.0. The standard InChI is InChI=1S/C14H14FN3O2/c15-9-3-1-4-10(7-9)17-13(19)12-8-20-14(18-12)11-5-2-6-16-11/h1,3-4,7-8,11,16H,2,5-6H2,(H,17,19). The Hall–Kier alpha value is -2.21. The predicted octanol–water partition coefficient (Wildman–Crippen LogP) is 2.49. The van der Waals surface area contributed by atoms with Crippen molar-refractivity contribution in [2.24, 2.45) is 0 Å². The molecule has 20 heavy (non-hydrogen) atoms. The third-order valence-corrected chi connectivity index (χ3v) is 3.20. The Morgan fingerprint density at radius 2 is 2.40 bits per heavy atom. The number of aromatic nitrogens is 1. The summed E-state index contributed by atoms with van der Waals surface area (Å²) >= 11 is 0. The van der Waals surface area contributed by atoms with Gasteiger partial charge in [0.15, 0.2) is 5.69 Å². The highest BCUT2D eigenvalue weighted by molar-refractivity contribution is 6.02. The van der Waals surface area contributed by atoms with Gasteiger partial charge < -0.3 is 15.1 Å². The molecule has 0 saturated carbocycles. The van der Waals surface area contributed by atoms with E-state index in [1.54, 1.807) is 6.07 Å². The van der Waals surface area contributed by atoms with Crippen molar-refractivity contribution in [3.05, 3.63) is 47.9 Å². The molecule has 3 rings (SSSR count). The lowest BCUT2D eigenvalue weighted by Gasteiger charge is -2.03. The number of carbonyl (C=O) groups is 1. The summed E-state index contributed by atoms with van der Waals surface area (Å²) in [5.74, 6) is -0.297. The first-order chi connectivity index (χ1) is 9.72. The average Bonchev–Trinajstić information content (AvgIpc) is 3.10. The van der Waals surface area contributed by atoms with E-state index in [1.165, 1.54) is 24.5 Å². The van der Waals surface area contributed by atoms with Crippen molar-refractivity contribution in [3.63, 3.8) is 0 Å². The van der Waals surface area contributed by atoms with Crippen molar-refractivity contribution in [2.75, 3.05) is 11.9 Å². The minimum Gasteiger partial charge on any atom is -0.446 e. The summed E-state index contributed by atoms with van der Waals surface area (Å²) in [5.41, 5.74) is 0.580. The van der Waals surface area contributed by atoms with E-state index >= 15 is 0 Å². The molecular weight excluding hydrogens is 261 g/mol. The highest BCUT2D eigenvalue weighted by Crippen LogP contribution is 2.22. The van der Waals surface area contributed by atoms with Gasteiger partial charge in [-0.05, 0) is 37.6 Å². The van der Waals surface area contributed by atoms with Crippen molar-refractivity contribution >= 4 is 11.6 Å². The third kappa shape index (κ3) is 2.70. The van der Waals surface area contributed by atoms with Gasteiger partial charge in [-0.25, -0.2) is 9.37 Å². The summed E-state index contributed by atoms with van der Waals surface area (Å²) in [7, 11) is 0. The fourth-order valence-corrected chi connectivity index (χ4v) is 2.21. The Kier molecular flexibility index (Phi) is 3.47. The van der Waals surface area contributed by atoms with E-state index in [2.05, 4.69) is 15.6 Å². The molecule has 0 bridgehead atoms. The molecule has 6 heteroatoms. The molecule has 1 aliphatic heterocycles. The van der Waals surface area contributed by atoms with Crippen LogP contribution in [0.25, 0.3) is 0 Å². The Morgan fingerprint density at radius 3 is 3.15 bits per heavy atom. The number of carbonyl (C=O) groups excluding carboxylic acids is 1. The van der Waals surface area contributed by atoms with E-state index in [0.717, 1.165) is 19.4 Å². The Morgan fingerprint density at radius 1 is 1.50 bits per heavy atom. The van der Waals surface area contributed by atoms with Gasteiger partial charge in [0.05, 0.1) is 6.04 Å². The fourth-order valence-electron chi connectivity index (χ4n) is 2.21. The molecule has 1 unspecified atom stereocenters. The van der Waals surface area contributed by atoms with Crippen LogP contribution in [-0.2, 0) is 0 Å². The maximum Gasteiger partial charge on any atom is 0.277 e. The second-order valence-electron chi connectivity index (χ2n) is 4.68. The average molecular weight is 275 g/mol. The summed E-state index contributed by atoms with van der Waals surface area (Å²) < 4.78 is 18.4. The molecular formula is C14H14FN3O2. The van der Waals surface area contributed by atoms with Gasteiger partial charge in [-0.15, -0.1) is 0 Å². The molecule has 2 N–H and O–H groups in total. The highest BCUT2D eigenvalue weighted by atomic mass is 19.1. The third-order valence-electron chi connectivity index (χ3n) is 3.20. The van der Waals surface area contributed by atoms with Gasteiger partial charge in [-0.2, -0.15) is 0 Å².